The molecule has 0 saturated heterocycles. The number of aromatic nitrogens is 2. The van der Waals surface area contributed by atoms with E-state index in [4.69, 9.17) is 4.42 Å². The first-order valence-electron chi connectivity index (χ1n) is 10.4. The molecule has 8 heteroatoms. The standard InChI is InChI=1S/C23H25N3O4S/c1-3-16-12-17(11-15(16)2)26-23-19(13-24-14-25-23)22(27)20-9-10-21(30-20)31(28,29)18-7-5-4-6-8-18/h4-10,13-17H,3,11-12H2,1-2H3,(H,24,25,26)/t15-,16-,17-/m0/s1. The lowest BCUT2D eigenvalue weighted by Crippen LogP contribution is -2.19. The summed E-state index contributed by atoms with van der Waals surface area (Å²) in [5.41, 5.74) is 0.258. The molecule has 1 aromatic carbocycles. The molecule has 1 N–H and O–H groups in total. The zero-order chi connectivity index (χ0) is 22.0. The van der Waals surface area contributed by atoms with E-state index in [2.05, 4.69) is 29.1 Å². The van der Waals surface area contributed by atoms with E-state index in [-0.39, 0.29) is 27.4 Å². The molecule has 0 radical (unpaired) electrons. The molecule has 162 valence electrons. The van der Waals surface area contributed by atoms with Crippen molar-refractivity contribution in [3.05, 3.63) is 66.3 Å². The van der Waals surface area contributed by atoms with Crippen LogP contribution in [0, 0.1) is 11.8 Å². The summed E-state index contributed by atoms with van der Waals surface area (Å²) in [5.74, 6) is 1.17. The summed E-state index contributed by atoms with van der Waals surface area (Å²) < 4.78 is 31.0. The highest BCUT2D eigenvalue weighted by molar-refractivity contribution is 7.91. The van der Waals surface area contributed by atoms with Gasteiger partial charge in [0.05, 0.1) is 10.5 Å². The molecule has 0 amide bonds. The van der Waals surface area contributed by atoms with Crippen molar-refractivity contribution in [2.75, 3.05) is 5.32 Å². The average Bonchev–Trinajstić information content (AvgIpc) is 3.41. The Morgan fingerprint density at radius 1 is 1.16 bits per heavy atom. The number of benzene rings is 1. The van der Waals surface area contributed by atoms with E-state index >= 15 is 0 Å². The first kappa shape index (κ1) is 21.2. The molecule has 0 spiro atoms. The number of furan rings is 1. The number of nitrogens with zero attached hydrogens (tertiary/aromatic N) is 2. The third-order valence-corrected chi connectivity index (χ3v) is 7.64. The SMILES string of the molecule is CC[C@H]1C[C@@H](Nc2ncncc2C(=O)c2ccc(S(=O)(=O)c3ccccc3)o2)C[C@@H]1C. The molecular weight excluding hydrogens is 414 g/mol. The van der Waals surface area contributed by atoms with Gasteiger partial charge in [-0.25, -0.2) is 18.4 Å². The van der Waals surface area contributed by atoms with Gasteiger partial charge in [0.15, 0.2) is 5.76 Å². The highest BCUT2D eigenvalue weighted by atomic mass is 32.2. The molecule has 0 bridgehead atoms. The fourth-order valence-electron chi connectivity index (χ4n) is 4.26. The number of hydrogen-bond acceptors (Lipinski definition) is 7. The lowest BCUT2D eigenvalue weighted by molar-refractivity contribution is 0.100. The van der Waals surface area contributed by atoms with E-state index in [0.717, 1.165) is 19.3 Å². The Kier molecular flexibility index (Phi) is 5.91. The molecule has 4 rings (SSSR count). The normalized spacial score (nSPS) is 21.2. The maximum Gasteiger partial charge on any atom is 0.239 e. The Bertz CT molecular complexity index is 1170. The van der Waals surface area contributed by atoms with E-state index in [1.807, 2.05) is 0 Å². The third-order valence-electron chi connectivity index (χ3n) is 5.99. The van der Waals surface area contributed by atoms with Gasteiger partial charge >= 0.3 is 0 Å². The van der Waals surface area contributed by atoms with Crippen molar-refractivity contribution in [2.45, 2.75) is 49.1 Å². The average molecular weight is 440 g/mol. The summed E-state index contributed by atoms with van der Waals surface area (Å²) in [4.78, 5) is 21.4. The molecule has 1 fully saturated rings. The summed E-state index contributed by atoms with van der Waals surface area (Å²) in [7, 11) is -3.84. The Labute approximate surface area is 181 Å². The monoisotopic (exact) mass is 439 g/mol. The Balaban J connectivity index is 1.58. The van der Waals surface area contributed by atoms with Crippen LogP contribution in [0.3, 0.4) is 0 Å². The largest absolute Gasteiger partial charge is 0.441 e. The number of hydrogen-bond donors (Lipinski definition) is 1. The lowest BCUT2D eigenvalue weighted by Gasteiger charge is -2.15. The predicted molar refractivity (Wildman–Crippen MR) is 116 cm³/mol. The molecule has 31 heavy (non-hydrogen) atoms. The van der Waals surface area contributed by atoms with Crippen LogP contribution in [0.4, 0.5) is 5.82 Å². The molecule has 2 heterocycles. The van der Waals surface area contributed by atoms with Gasteiger partial charge in [0.2, 0.25) is 20.7 Å². The summed E-state index contributed by atoms with van der Waals surface area (Å²) in [6.45, 7) is 4.45. The summed E-state index contributed by atoms with van der Waals surface area (Å²) in [6, 6.07) is 10.9. The molecular formula is C23H25N3O4S. The van der Waals surface area contributed by atoms with Crippen LogP contribution in [0.15, 0.2) is 69.4 Å². The number of ketones is 1. The van der Waals surface area contributed by atoms with E-state index in [0.29, 0.717) is 17.7 Å². The highest BCUT2D eigenvalue weighted by Gasteiger charge is 2.31. The molecule has 0 aliphatic heterocycles. The number of rotatable bonds is 7. The van der Waals surface area contributed by atoms with Gasteiger partial charge in [-0.2, -0.15) is 0 Å². The minimum absolute atomic E-state index is 0.0708. The third kappa shape index (κ3) is 4.25. The minimum atomic E-state index is -3.84. The van der Waals surface area contributed by atoms with Crippen LogP contribution < -0.4 is 5.32 Å². The fourth-order valence-corrected chi connectivity index (χ4v) is 5.46. The van der Waals surface area contributed by atoms with Crippen molar-refractivity contribution in [1.29, 1.82) is 0 Å². The summed E-state index contributed by atoms with van der Waals surface area (Å²) in [5, 5.41) is 3.11. The van der Waals surface area contributed by atoms with Crippen LogP contribution in [-0.2, 0) is 9.84 Å². The van der Waals surface area contributed by atoms with Crippen LogP contribution in [-0.4, -0.2) is 30.2 Å². The summed E-state index contributed by atoms with van der Waals surface area (Å²) in [6.07, 6.45) is 5.98. The second kappa shape index (κ2) is 8.63. The number of carbonyl (C=O) groups excluding carboxylic acids is 1. The molecule has 7 nitrogen and oxygen atoms in total. The van der Waals surface area contributed by atoms with Gasteiger partial charge in [0.1, 0.15) is 12.1 Å². The molecule has 3 atom stereocenters. The number of nitrogens with one attached hydrogen (secondary N) is 1. The Hall–Kier alpha value is -3.00. The maximum absolute atomic E-state index is 13.1. The summed E-state index contributed by atoms with van der Waals surface area (Å²) >= 11 is 0. The van der Waals surface area contributed by atoms with Crippen LogP contribution >= 0.6 is 0 Å². The van der Waals surface area contributed by atoms with Gasteiger partial charge in [-0.05, 0) is 48.9 Å². The quantitative estimate of drug-likeness (QED) is 0.545. The van der Waals surface area contributed by atoms with Gasteiger partial charge in [-0.1, -0.05) is 38.5 Å². The zero-order valence-electron chi connectivity index (χ0n) is 17.5. The highest BCUT2D eigenvalue weighted by Crippen LogP contribution is 2.35. The first-order valence-corrected chi connectivity index (χ1v) is 11.9. The predicted octanol–water partition coefficient (Wildman–Crippen LogP) is 4.37. The van der Waals surface area contributed by atoms with Gasteiger partial charge in [0.25, 0.3) is 0 Å². The molecule has 3 aromatic rings. The lowest BCUT2D eigenvalue weighted by atomic mass is 9.96. The van der Waals surface area contributed by atoms with Crippen molar-refractivity contribution in [3.63, 3.8) is 0 Å². The molecule has 1 saturated carbocycles. The van der Waals surface area contributed by atoms with Crippen molar-refractivity contribution in [3.8, 4) is 0 Å². The van der Waals surface area contributed by atoms with Crippen LogP contribution in [0.5, 0.6) is 0 Å². The second-order valence-corrected chi connectivity index (χ2v) is 9.89. The van der Waals surface area contributed by atoms with Crippen molar-refractivity contribution >= 4 is 21.4 Å². The van der Waals surface area contributed by atoms with E-state index in [9.17, 15) is 13.2 Å². The van der Waals surface area contributed by atoms with Crippen molar-refractivity contribution in [1.82, 2.24) is 9.97 Å². The molecule has 0 unspecified atom stereocenters. The van der Waals surface area contributed by atoms with Gasteiger partial charge < -0.3 is 9.73 Å². The topological polar surface area (TPSA) is 102 Å². The van der Waals surface area contributed by atoms with Crippen LogP contribution in [0.25, 0.3) is 0 Å². The second-order valence-electron chi connectivity index (χ2n) is 8.01. The minimum Gasteiger partial charge on any atom is -0.441 e. The smallest absolute Gasteiger partial charge is 0.239 e. The van der Waals surface area contributed by atoms with E-state index in [1.165, 1.54) is 36.8 Å². The van der Waals surface area contributed by atoms with Crippen LogP contribution in [0.1, 0.15) is 49.2 Å². The first-order chi connectivity index (χ1) is 14.9. The Morgan fingerprint density at radius 2 is 1.94 bits per heavy atom. The van der Waals surface area contributed by atoms with Crippen LogP contribution in [0.2, 0.25) is 0 Å². The van der Waals surface area contributed by atoms with Crippen molar-refractivity contribution < 1.29 is 17.6 Å². The maximum atomic E-state index is 13.1. The fraction of sp³-hybridized carbons (Fsp3) is 0.348. The van der Waals surface area contributed by atoms with Gasteiger partial charge in [-0.15, -0.1) is 0 Å². The van der Waals surface area contributed by atoms with E-state index < -0.39 is 15.6 Å². The Morgan fingerprint density at radius 3 is 2.65 bits per heavy atom. The number of sulfone groups is 1. The number of anilines is 1. The van der Waals surface area contributed by atoms with Gasteiger partial charge in [0, 0.05) is 12.2 Å². The molecule has 1 aliphatic carbocycles. The van der Waals surface area contributed by atoms with Gasteiger partial charge in [-0.3, -0.25) is 4.79 Å². The molecule has 1 aliphatic rings. The zero-order valence-corrected chi connectivity index (χ0v) is 18.3. The molecule has 2 aromatic heterocycles. The van der Waals surface area contributed by atoms with Crippen molar-refractivity contribution in [2.24, 2.45) is 11.8 Å². The van der Waals surface area contributed by atoms with E-state index in [1.54, 1.807) is 18.2 Å². The number of carbonyl (C=O) groups is 1.